The molecule has 20 unspecified atom stereocenters. The van der Waals surface area contributed by atoms with E-state index in [9.17, 15) is 67.1 Å². The van der Waals surface area contributed by atoms with Crippen LogP contribution < -0.4 is 0 Å². The van der Waals surface area contributed by atoms with Gasteiger partial charge in [0.05, 0.1) is 80.1 Å². The van der Waals surface area contributed by atoms with Crippen LogP contribution in [0.2, 0.25) is 0 Å². The Hall–Kier alpha value is -7.54. The molecule has 31 heteroatoms. The molecular formula is C93H138O31. The molecule has 124 heavy (non-hydrogen) atoms. The molecule has 10 aliphatic carbocycles. The Balaban J connectivity index is 0.000000151. The minimum atomic E-state index is -0.807. The van der Waals surface area contributed by atoms with Gasteiger partial charge in [-0.15, -0.1) is 0 Å². The monoisotopic (exact) mass is 1750 g/mol. The molecule has 20 fully saturated rings. The molecule has 0 amide bonds. The third-order valence-electron chi connectivity index (χ3n) is 29.7. The first-order valence-electron chi connectivity index (χ1n) is 45.8. The van der Waals surface area contributed by atoms with Gasteiger partial charge in [-0.1, -0.05) is 34.6 Å². The standard InChI is InChI=1S/C20H28O8.C20H30O7.C18H26O6.C18H28O5.C17H26O5/c1-4-19(2,3)18(24)26-10-15(21)25-11-16(22)28-20-7-12-5-13(8-20)17(23)27-14(6-12)9-20;1-4-19(2,3)18(23)25-6-5-24-16(21)12-26-20-9-13-7-14(10-20)17(22)27-15(8-13)11-20;1-4-17(2,3)16(21)22-10-14(19)24-18-7-11-5-12(8-18)15(20)23-13(6-11)9-18;1-4-17(2,3)16(20)21-5-6-22-18-9-12-7-13(10-18)15(19)23-14(8-12)11-18;1-4-16(2,3)15(19)20-10-21-17-7-11-5-12(8-17)14(18)22-13(6-11)9-17/h12-14H,4-11H2,1-3H3;13-15H,4-12H2,1-3H3;11-13H,4-10H2,1-3H3;12-14H,4-11H2,1-3H3;11-13H,4-10H2,1-3H3. The zero-order chi connectivity index (χ0) is 90.3. The van der Waals surface area contributed by atoms with Crippen LogP contribution in [-0.4, -0.2) is 202 Å². The zero-order valence-electron chi connectivity index (χ0n) is 75.9. The fourth-order valence-corrected chi connectivity index (χ4v) is 21.5. The van der Waals surface area contributed by atoms with Gasteiger partial charge in [0.15, 0.2) is 26.6 Å². The lowest BCUT2D eigenvalue weighted by atomic mass is 9.65. The van der Waals surface area contributed by atoms with E-state index in [1.807, 2.05) is 76.2 Å². The third-order valence-corrected chi connectivity index (χ3v) is 29.7. The predicted octanol–water partition coefficient (Wildman–Crippen LogP) is 12.4. The number of carbonyl (C=O) groups excluding carboxylic acids is 14. The number of hydrogen-bond acceptors (Lipinski definition) is 31. The third kappa shape index (κ3) is 24.5. The highest BCUT2D eigenvalue weighted by atomic mass is 16.7. The van der Waals surface area contributed by atoms with Gasteiger partial charge in [-0.2, -0.15) is 0 Å². The summed E-state index contributed by atoms with van der Waals surface area (Å²) in [5.41, 5.74) is -5.18. The Bertz CT molecular complexity index is 3910. The Kier molecular flexibility index (Phi) is 31.0. The van der Waals surface area contributed by atoms with Gasteiger partial charge >= 0.3 is 83.6 Å². The number of hydrogen-bond donors (Lipinski definition) is 0. The molecule has 20 aliphatic rings. The normalized spacial score (nSPS) is 33.8. The maximum atomic E-state index is 12.2. The first-order chi connectivity index (χ1) is 58.2. The summed E-state index contributed by atoms with van der Waals surface area (Å²) in [7, 11) is 0. The van der Waals surface area contributed by atoms with Gasteiger partial charge in [-0.05, 0) is 247 Å². The predicted molar refractivity (Wildman–Crippen MR) is 436 cm³/mol. The lowest BCUT2D eigenvalue weighted by molar-refractivity contribution is -0.199. The molecule has 696 valence electrons. The van der Waals surface area contributed by atoms with Gasteiger partial charge < -0.3 is 80.5 Å². The van der Waals surface area contributed by atoms with Crippen LogP contribution in [0.4, 0.5) is 0 Å². The molecule has 20 rings (SSSR count). The quantitative estimate of drug-likeness (QED) is 0.0269. The first-order valence-corrected chi connectivity index (χ1v) is 45.8. The summed E-state index contributed by atoms with van der Waals surface area (Å²) in [6.45, 7) is 26.8. The van der Waals surface area contributed by atoms with Crippen molar-refractivity contribution in [3.8, 4) is 0 Å². The van der Waals surface area contributed by atoms with Gasteiger partial charge in [0, 0.05) is 44.9 Å². The maximum Gasteiger partial charge on any atom is 0.344 e. The maximum absolute atomic E-state index is 12.2. The number of esters is 14. The average molecular weight is 1750 g/mol. The number of fused-ring (bicyclic) bond motifs is 5. The SMILES string of the molecule is CCC(C)(C)C(=O)OCC(=O)OC12CC3CC(C1)OC(=O)C(C3)C2.CCC(C)(C)C(=O)OCC(=O)OCC(=O)OC12CC3CC(C1)OC(=O)C(C3)C2.CCC(C)(C)C(=O)OCCOC(=O)COC12CC3CC(C1)OC(=O)C(C3)C2.CCC(C)(C)C(=O)OCCOC12CC3CC(C1)OC(=O)C(C3)C2.CCC(C)(C)C(=O)OCOC12CC3CC(C1)OC(=O)C(C3)C2. The van der Waals surface area contributed by atoms with Crippen LogP contribution in [-0.2, 0) is 148 Å². The summed E-state index contributed by atoms with van der Waals surface area (Å²) >= 11 is 0. The fourth-order valence-electron chi connectivity index (χ4n) is 21.5. The molecule has 20 bridgehead atoms. The van der Waals surface area contributed by atoms with E-state index in [1.54, 1.807) is 27.7 Å². The Labute approximate surface area is 728 Å². The highest BCUT2D eigenvalue weighted by Crippen LogP contribution is 2.57. The summed E-state index contributed by atoms with van der Waals surface area (Å²) in [5.74, 6) is -3.15. The van der Waals surface area contributed by atoms with Crippen LogP contribution in [0.5, 0.6) is 0 Å². The second-order valence-corrected chi connectivity index (χ2v) is 41.7. The molecule has 0 aromatic rings. The first kappa shape index (κ1) is 97.1. The molecule has 0 aromatic heterocycles. The van der Waals surface area contributed by atoms with Crippen LogP contribution in [0.25, 0.3) is 0 Å². The van der Waals surface area contributed by atoms with Crippen molar-refractivity contribution >= 4 is 83.6 Å². The van der Waals surface area contributed by atoms with Crippen molar-refractivity contribution in [2.45, 2.75) is 355 Å². The highest BCUT2D eigenvalue weighted by molar-refractivity contribution is 5.83. The van der Waals surface area contributed by atoms with Gasteiger partial charge in [-0.25, -0.2) is 19.2 Å². The topological polar surface area (TPSA) is 396 Å². The minimum Gasteiger partial charge on any atom is -0.463 e. The lowest BCUT2D eigenvalue weighted by Crippen LogP contribution is -2.48. The second-order valence-electron chi connectivity index (χ2n) is 41.7. The molecular weight excluding hydrogens is 1610 g/mol. The molecule has 10 saturated heterocycles. The summed E-state index contributed by atoms with van der Waals surface area (Å²) in [4.78, 5) is 168. The molecule has 0 radical (unpaired) electrons. The van der Waals surface area contributed by atoms with Crippen molar-refractivity contribution in [2.24, 2.45) is 86.3 Å². The van der Waals surface area contributed by atoms with E-state index in [0.29, 0.717) is 107 Å². The van der Waals surface area contributed by atoms with Crippen LogP contribution in [0.15, 0.2) is 0 Å². The van der Waals surface area contributed by atoms with Crippen molar-refractivity contribution in [3.63, 3.8) is 0 Å². The molecule has 10 heterocycles. The Morgan fingerprint density at radius 1 is 0.266 bits per heavy atom. The van der Waals surface area contributed by atoms with E-state index in [4.69, 9.17) is 80.5 Å². The number of carbonyl (C=O) groups is 14. The van der Waals surface area contributed by atoms with Gasteiger partial charge in [-0.3, -0.25) is 47.9 Å². The van der Waals surface area contributed by atoms with Crippen molar-refractivity contribution in [3.05, 3.63) is 0 Å². The fraction of sp³-hybridized carbons (Fsp3) is 0.849. The van der Waals surface area contributed by atoms with Crippen LogP contribution in [0.3, 0.4) is 0 Å². The minimum absolute atomic E-state index is 0.00956. The Morgan fingerprint density at radius 3 is 0.855 bits per heavy atom. The van der Waals surface area contributed by atoms with Gasteiger partial charge in [0.2, 0.25) is 0 Å². The van der Waals surface area contributed by atoms with Crippen molar-refractivity contribution in [1.82, 2.24) is 0 Å². The number of rotatable bonds is 31. The van der Waals surface area contributed by atoms with Crippen molar-refractivity contribution in [1.29, 1.82) is 0 Å². The van der Waals surface area contributed by atoms with E-state index >= 15 is 0 Å². The Morgan fingerprint density at radius 2 is 0.516 bits per heavy atom. The van der Waals surface area contributed by atoms with Crippen LogP contribution in [0.1, 0.15) is 296 Å². The summed E-state index contributed by atoms with van der Waals surface area (Å²) in [6, 6.07) is 0. The largest absolute Gasteiger partial charge is 0.463 e. The summed E-state index contributed by atoms with van der Waals surface area (Å²) in [5, 5.41) is 0. The van der Waals surface area contributed by atoms with E-state index in [0.717, 1.165) is 122 Å². The molecule has 0 aromatic carbocycles. The van der Waals surface area contributed by atoms with Gasteiger partial charge in [0.1, 0.15) is 68.1 Å². The average Bonchev–Trinajstić information content (AvgIpc) is 1.60. The van der Waals surface area contributed by atoms with Crippen molar-refractivity contribution < 1.29 is 148 Å². The molecule has 0 spiro atoms. The van der Waals surface area contributed by atoms with Crippen LogP contribution >= 0.6 is 0 Å². The molecule has 10 aliphatic heterocycles. The summed E-state index contributed by atoms with van der Waals surface area (Å²) in [6.07, 6.45) is 22.3. The smallest absolute Gasteiger partial charge is 0.344 e. The summed E-state index contributed by atoms with van der Waals surface area (Å²) < 4.78 is 93.0. The second kappa shape index (κ2) is 39.6. The molecule has 10 saturated carbocycles. The highest BCUT2D eigenvalue weighted by Gasteiger charge is 2.60. The van der Waals surface area contributed by atoms with E-state index in [-0.39, 0.29) is 159 Å². The van der Waals surface area contributed by atoms with Crippen LogP contribution in [0, 0.1) is 86.3 Å². The van der Waals surface area contributed by atoms with Gasteiger partial charge in [0.25, 0.3) is 0 Å². The molecule has 20 atom stereocenters. The zero-order valence-corrected chi connectivity index (χ0v) is 75.9. The lowest BCUT2D eigenvalue weighted by Gasteiger charge is -2.46. The van der Waals surface area contributed by atoms with E-state index < -0.39 is 92.9 Å². The van der Waals surface area contributed by atoms with E-state index in [1.165, 1.54) is 0 Å². The number of ether oxygens (including phenoxy) is 17. The molecule has 0 N–H and O–H groups in total. The van der Waals surface area contributed by atoms with E-state index in [2.05, 4.69) is 0 Å². The molecule has 31 nitrogen and oxygen atoms in total. The van der Waals surface area contributed by atoms with Crippen molar-refractivity contribution in [2.75, 3.05) is 59.6 Å².